The van der Waals surface area contributed by atoms with Crippen LogP contribution in [-0.4, -0.2) is 62.9 Å². The number of hydrogen-bond donors (Lipinski definition) is 0. The predicted octanol–water partition coefficient (Wildman–Crippen LogP) is 2.61. The first kappa shape index (κ1) is 22.1. The van der Waals surface area contributed by atoms with E-state index in [2.05, 4.69) is 0 Å². The molecule has 0 aromatic heterocycles. The summed E-state index contributed by atoms with van der Waals surface area (Å²) in [5.74, 6) is 1.17. The van der Waals surface area contributed by atoms with E-state index in [0.29, 0.717) is 30.3 Å². The van der Waals surface area contributed by atoms with E-state index in [1.54, 1.807) is 41.3 Å². The first-order valence-electron chi connectivity index (χ1n) is 10.0. The number of piperazine rings is 1. The predicted molar refractivity (Wildman–Crippen MR) is 114 cm³/mol. The fraction of sp³-hybridized carbons (Fsp3) is 0.409. The van der Waals surface area contributed by atoms with Crippen molar-refractivity contribution in [2.75, 3.05) is 39.4 Å². The molecule has 2 aromatic rings. The molecule has 0 spiro atoms. The van der Waals surface area contributed by atoms with Crippen LogP contribution < -0.4 is 9.47 Å². The monoisotopic (exact) mass is 432 g/mol. The van der Waals surface area contributed by atoms with Gasteiger partial charge in [0.2, 0.25) is 10.0 Å². The van der Waals surface area contributed by atoms with Crippen LogP contribution in [0.5, 0.6) is 11.5 Å². The summed E-state index contributed by atoms with van der Waals surface area (Å²) in [6.45, 7) is 7.48. The second kappa shape index (κ2) is 9.49. The van der Waals surface area contributed by atoms with E-state index in [0.717, 1.165) is 16.9 Å². The molecule has 0 radical (unpaired) electrons. The maximum Gasteiger partial charge on any atom is 0.260 e. The van der Waals surface area contributed by atoms with Gasteiger partial charge in [0, 0.05) is 26.2 Å². The molecule has 0 saturated carbocycles. The molecule has 8 heteroatoms. The molecular formula is C22H28N2O5S. The maximum absolute atomic E-state index is 12.9. The highest BCUT2D eigenvalue weighted by atomic mass is 32.2. The molecule has 0 bridgehead atoms. The summed E-state index contributed by atoms with van der Waals surface area (Å²) in [5.41, 5.74) is 1.99. The van der Waals surface area contributed by atoms with Crippen molar-refractivity contribution in [2.24, 2.45) is 0 Å². The molecule has 162 valence electrons. The summed E-state index contributed by atoms with van der Waals surface area (Å²) in [6.07, 6.45) is 0. The quantitative estimate of drug-likeness (QED) is 0.672. The molecular weight excluding hydrogens is 404 g/mol. The minimum absolute atomic E-state index is 0.0854. The molecule has 3 rings (SSSR count). The standard InChI is InChI=1S/C22H28N2O5S/c1-4-28-19-6-8-20(9-7-19)29-16-22(25)23-11-13-24(14-12-23)30(26,27)21-10-5-17(2)18(3)15-21/h5-10,15H,4,11-14,16H2,1-3H3. The van der Waals surface area contributed by atoms with Crippen LogP contribution in [0.1, 0.15) is 18.1 Å². The van der Waals surface area contributed by atoms with Crippen LogP contribution in [0.2, 0.25) is 0 Å². The Balaban J connectivity index is 1.53. The van der Waals surface area contributed by atoms with E-state index < -0.39 is 10.0 Å². The molecule has 0 N–H and O–H groups in total. The van der Waals surface area contributed by atoms with Crippen LogP contribution in [0, 0.1) is 13.8 Å². The second-order valence-corrected chi connectivity index (χ2v) is 9.16. The Morgan fingerprint density at radius 2 is 1.50 bits per heavy atom. The van der Waals surface area contributed by atoms with Gasteiger partial charge in [0.05, 0.1) is 11.5 Å². The Bertz CT molecular complexity index is 981. The van der Waals surface area contributed by atoms with Crippen molar-refractivity contribution in [3.05, 3.63) is 53.6 Å². The van der Waals surface area contributed by atoms with E-state index in [9.17, 15) is 13.2 Å². The van der Waals surface area contributed by atoms with Crippen molar-refractivity contribution in [1.29, 1.82) is 0 Å². The van der Waals surface area contributed by atoms with Crippen molar-refractivity contribution in [1.82, 2.24) is 9.21 Å². The molecule has 1 aliphatic heterocycles. The van der Waals surface area contributed by atoms with E-state index in [1.807, 2.05) is 26.8 Å². The molecule has 1 saturated heterocycles. The topological polar surface area (TPSA) is 76.2 Å². The number of rotatable bonds is 7. The highest BCUT2D eigenvalue weighted by molar-refractivity contribution is 7.89. The van der Waals surface area contributed by atoms with Crippen molar-refractivity contribution < 1.29 is 22.7 Å². The second-order valence-electron chi connectivity index (χ2n) is 7.22. The van der Waals surface area contributed by atoms with Crippen LogP contribution in [0.25, 0.3) is 0 Å². The van der Waals surface area contributed by atoms with Gasteiger partial charge in [-0.05, 0) is 68.3 Å². The van der Waals surface area contributed by atoms with E-state index >= 15 is 0 Å². The summed E-state index contributed by atoms with van der Waals surface area (Å²) in [5, 5.41) is 0. The highest BCUT2D eigenvalue weighted by Crippen LogP contribution is 2.21. The fourth-order valence-electron chi connectivity index (χ4n) is 3.24. The Hall–Kier alpha value is -2.58. The number of amides is 1. The SMILES string of the molecule is CCOc1ccc(OCC(=O)N2CCN(S(=O)(=O)c3ccc(C)c(C)c3)CC2)cc1. The molecule has 30 heavy (non-hydrogen) atoms. The van der Waals surface area contributed by atoms with Crippen LogP contribution in [0.3, 0.4) is 0 Å². The molecule has 7 nitrogen and oxygen atoms in total. The molecule has 1 fully saturated rings. The zero-order valence-corrected chi connectivity index (χ0v) is 18.4. The molecule has 0 atom stereocenters. The third-order valence-electron chi connectivity index (χ3n) is 5.20. The van der Waals surface area contributed by atoms with Crippen molar-refractivity contribution in [3.63, 3.8) is 0 Å². The summed E-state index contributed by atoms with van der Waals surface area (Å²) in [6, 6.07) is 12.3. The number of ether oxygens (including phenoxy) is 2. The Labute approximate surface area is 178 Å². The number of hydrogen-bond acceptors (Lipinski definition) is 5. The first-order chi connectivity index (χ1) is 14.3. The van der Waals surface area contributed by atoms with Gasteiger partial charge in [0.15, 0.2) is 6.61 Å². The number of nitrogens with zero attached hydrogens (tertiary/aromatic N) is 2. The Morgan fingerprint density at radius 3 is 2.07 bits per heavy atom. The largest absolute Gasteiger partial charge is 0.494 e. The fourth-order valence-corrected chi connectivity index (χ4v) is 4.74. The normalized spacial score (nSPS) is 15.1. The van der Waals surface area contributed by atoms with Gasteiger partial charge in [0.25, 0.3) is 5.91 Å². The van der Waals surface area contributed by atoms with Crippen molar-refractivity contribution in [3.8, 4) is 11.5 Å². The number of carbonyl (C=O) groups excluding carboxylic acids is 1. The Morgan fingerprint density at radius 1 is 0.900 bits per heavy atom. The summed E-state index contributed by atoms with van der Waals surface area (Å²) >= 11 is 0. The average molecular weight is 433 g/mol. The van der Waals surface area contributed by atoms with Gasteiger partial charge < -0.3 is 14.4 Å². The van der Waals surface area contributed by atoms with Gasteiger partial charge in [-0.25, -0.2) is 8.42 Å². The number of aryl methyl sites for hydroxylation is 2. The van der Waals surface area contributed by atoms with Crippen molar-refractivity contribution >= 4 is 15.9 Å². The first-order valence-corrected chi connectivity index (χ1v) is 11.5. The van der Waals surface area contributed by atoms with Gasteiger partial charge in [-0.3, -0.25) is 4.79 Å². The van der Waals surface area contributed by atoms with E-state index in [4.69, 9.17) is 9.47 Å². The minimum Gasteiger partial charge on any atom is -0.494 e. The van der Waals surface area contributed by atoms with Crippen molar-refractivity contribution in [2.45, 2.75) is 25.7 Å². The number of benzene rings is 2. The lowest BCUT2D eigenvalue weighted by Crippen LogP contribution is -2.51. The lowest BCUT2D eigenvalue weighted by atomic mass is 10.1. The van der Waals surface area contributed by atoms with E-state index in [1.165, 1.54) is 4.31 Å². The molecule has 2 aromatic carbocycles. The molecule has 0 unspecified atom stereocenters. The summed E-state index contributed by atoms with van der Waals surface area (Å²) in [7, 11) is -3.56. The van der Waals surface area contributed by atoms with Gasteiger partial charge in [-0.2, -0.15) is 4.31 Å². The third-order valence-corrected chi connectivity index (χ3v) is 7.10. The summed E-state index contributed by atoms with van der Waals surface area (Å²) < 4.78 is 38.2. The van der Waals surface area contributed by atoms with Gasteiger partial charge in [0.1, 0.15) is 11.5 Å². The van der Waals surface area contributed by atoms with Crippen LogP contribution >= 0.6 is 0 Å². The summed E-state index contributed by atoms with van der Waals surface area (Å²) in [4.78, 5) is 14.4. The van der Waals surface area contributed by atoms with Gasteiger partial charge >= 0.3 is 0 Å². The molecule has 1 aliphatic rings. The maximum atomic E-state index is 12.9. The van der Waals surface area contributed by atoms with Crippen LogP contribution in [0.4, 0.5) is 0 Å². The number of sulfonamides is 1. The smallest absolute Gasteiger partial charge is 0.260 e. The van der Waals surface area contributed by atoms with Gasteiger partial charge in [-0.1, -0.05) is 6.07 Å². The molecule has 1 amide bonds. The average Bonchev–Trinajstić information content (AvgIpc) is 2.75. The van der Waals surface area contributed by atoms with Gasteiger partial charge in [-0.15, -0.1) is 0 Å². The lowest BCUT2D eigenvalue weighted by molar-refractivity contribution is -0.134. The highest BCUT2D eigenvalue weighted by Gasteiger charge is 2.30. The van der Waals surface area contributed by atoms with E-state index in [-0.39, 0.29) is 25.6 Å². The zero-order valence-electron chi connectivity index (χ0n) is 17.6. The zero-order chi connectivity index (χ0) is 21.7. The minimum atomic E-state index is -3.56. The Kier molecular flexibility index (Phi) is 6.99. The third kappa shape index (κ3) is 5.12. The molecule has 0 aliphatic carbocycles. The number of carbonyl (C=O) groups is 1. The van der Waals surface area contributed by atoms with Crippen LogP contribution in [-0.2, 0) is 14.8 Å². The molecule has 1 heterocycles. The lowest BCUT2D eigenvalue weighted by Gasteiger charge is -2.34. The van der Waals surface area contributed by atoms with Crippen LogP contribution in [0.15, 0.2) is 47.4 Å².